The monoisotopic (exact) mass is 415 g/mol. The van der Waals surface area contributed by atoms with Gasteiger partial charge in [-0.05, 0) is 25.3 Å². The summed E-state index contributed by atoms with van der Waals surface area (Å²) in [4.78, 5) is 38.6. The van der Waals surface area contributed by atoms with Crippen molar-refractivity contribution in [1.29, 1.82) is 0 Å². The SMILES string of the molecule is CC1(C)S[C@@H]2[C@@H](NC(=O)C(N)/C(=C/Cl)c3cccs3)C(=O)N2[C@H]1C(=O)O. The highest BCUT2D eigenvalue weighted by molar-refractivity contribution is 8.01. The van der Waals surface area contributed by atoms with Gasteiger partial charge in [0.25, 0.3) is 0 Å². The predicted octanol–water partition coefficient (Wildman–Crippen LogP) is 1.29. The lowest BCUT2D eigenvalue weighted by atomic mass is 9.95. The molecular formula is C16H18ClN3O4S2. The molecule has 0 aliphatic carbocycles. The Kier molecular flexibility index (Phi) is 5.08. The van der Waals surface area contributed by atoms with Gasteiger partial charge in [0, 0.05) is 20.7 Å². The second-order valence-electron chi connectivity index (χ2n) is 6.60. The van der Waals surface area contributed by atoms with Crippen LogP contribution in [-0.2, 0) is 14.4 Å². The van der Waals surface area contributed by atoms with Gasteiger partial charge in [-0.2, -0.15) is 0 Å². The molecule has 1 aromatic heterocycles. The van der Waals surface area contributed by atoms with Crippen LogP contribution in [0.25, 0.3) is 5.57 Å². The molecule has 1 unspecified atom stereocenters. The molecule has 10 heteroatoms. The second-order valence-corrected chi connectivity index (χ2v) is 9.54. The van der Waals surface area contributed by atoms with Crippen LogP contribution >= 0.6 is 34.7 Å². The molecule has 0 bridgehead atoms. The summed E-state index contributed by atoms with van der Waals surface area (Å²) in [7, 11) is 0. The van der Waals surface area contributed by atoms with Gasteiger partial charge in [0.1, 0.15) is 23.5 Å². The molecule has 7 nitrogen and oxygen atoms in total. The van der Waals surface area contributed by atoms with Crippen LogP contribution in [0, 0.1) is 0 Å². The molecule has 2 saturated heterocycles. The Balaban J connectivity index is 1.72. The third-order valence-corrected chi connectivity index (χ3v) is 7.24. The van der Waals surface area contributed by atoms with Gasteiger partial charge >= 0.3 is 5.97 Å². The van der Waals surface area contributed by atoms with E-state index in [9.17, 15) is 19.5 Å². The largest absolute Gasteiger partial charge is 0.480 e. The fraction of sp³-hybridized carbons (Fsp3) is 0.438. The highest BCUT2D eigenvalue weighted by Gasteiger charge is 2.64. The first-order valence-corrected chi connectivity index (χ1v) is 10.0. The van der Waals surface area contributed by atoms with Crippen molar-refractivity contribution in [2.24, 2.45) is 5.73 Å². The van der Waals surface area contributed by atoms with Gasteiger partial charge in [-0.15, -0.1) is 23.1 Å². The van der Waals surface area contributed by atoms with E-state index in [0.717, 1.165) is 4.88 Å². The molecule has 4 atom stereocenters. The molecule has 0 saturated carbocycles. The van der Waals surface area contributed by atoms with Crippen LogP contribution in [0.3, 0.4) is 0 Å². The first kappa shape index (κ1) is 19.2. The maximum atomic E-state index is 12.5. The summed E-state index contributed by atoms with van der Waals surface area (Å²) in [6.07, 6.45) is 0. The Morgan fingerprint density at radius 3 is 2.73 bits per heavy atom. The van der Waals surface area contributed by atoms with Crippen molar-refractivity contribution in [2.75, 3.05) is 0 Å². The number of carboxylic acid groups (broad SMARTS) is 1. The summed E-state index contributed by atoms with van der Waals surface area (Å²) in [6.45, 7) is 3.55. The van der Waals surface area contributed by atoms with E-state index in [-0.39, 0.29) is 0 Å². The molecule has 0 aromatic carbocycles. The maximum absolute atomic E-state index is 12.5. The molecule has 2 fully saturated rings. The standard InChI is InChI=1S/C16H18ClN3O4S2/c1-16(2)11(15(23)24)20-13(22)10(14(20)26-16)19-12(21)9(18)7(6-17)8-4-3-5-25-8/h3-6,9-11,14H,18H2,1-2H3,(H,19,21)(H,23,24)/b7-6+/t9?,10-,11-,14+/m0/s1. The van der Waals surface area contributed by atoms with E-state index >= 15 is 0 Å². The Bertz CT molecular complexity index is 780. The van der Waals surface area contributed by atoms with Gasteiger partial charge in [-0.3, -0.25) is 9.59 Å². The number of nitrogens with one attached hydrogen (secondary N) is 1. The number of halogens is 1. The zero-order chi connectivity index (χ0) is 19.2. The van der Waals surface area contributed by atoms with Crippen LogP contribution < -0.4 is 11.1 Å². The van der Waals surface area contributed by atoms with Crippen LogP contribution in [0.4, 0.5) is 0 Å². The zero-order valence-corrected chi connectivity index (χ0v) is 16.4. The van der Waals surface area contributed by atoms with E-state index < -0.39 is 46.0 Å². The smallest absolute Gasteiger partial charge is 0.327 e. The number of fused-ring (bicyclic) bond motifs is 1. The van der Waals surface area contributed by atoms with Crippen LogP contribution in [0.2, 0.25) is 0 Å². The third-order valence-electron chi connectivity index (χ3n) is 4.51. The summed E-state index contributed by atoms with van der Waals surface area (Å²) in [6, 6.07) is 0.887. The summed E-state index contributed by atoms with van der Waals surface area (Å²) in [5.41, 5.74) is 7.74. The average molecular weight is 416 g/mol. The minimum atomic E-state index is -1.05. The van der Waals surface area contributed by atoms with Crippen LogP contribution in [-0.4, -0.2) is 56.0 Å². The molecule has 140 valence electrons. The number of nitrogens with two attached hydrogens (primary N) is 1. The second kappa shape index (κ2) is 6.88. The van der Waals surface area contributed by atoms with Crippen LogP contribution in [0.1, 0.15) is 18.7 Å². The van der Waals surface area contributed by atoms with Crippen LogP contribution in [0.15, 0.2) is 23.0 Å². The quantitative estimate of drug-likeness (QED) is 0.624. The number of β-lactam (4-membered cyclic amide) rings is 1. The van der Waals surface area contributed by atoms with Crippen LogP contribution in [0.5, 0.6) is 0 Å². The first-order valence-electron chi connectivity index (χ1n) is 7.82. The van der Waals surface area contributed by atoms with Crippen molar-refractivity contribution in [3.05, 3.63) is 27.9 Å². The van der Waals surface area contributed by atoms with Gasteiger partial charge in [-0.25, -0.2) is 4.79 Å². The number of hydrogen-bond acceptors (Lipinski definition) is 6. The highest BCUT2D eigenvalue weighted by Crippen LogP contribution is 2.50. The minimum absolute atomic E-state index is 0.409. The number of rotatable bonds is 5. The first-order chi connectivity index (χ1) is 12.2. The van der Waals surface area contributed by atoms with E-state index in [4.69, 9.17) is 17.3 Å². The lowest BCUT2D eigenvalue weighted by Crippen LogP contribution is -2.71. The number of aliphatic carboxylic acids is 1. The summed E-state index contributed by atoms with van der Waals surface area (Å²) in [5, 5.41) is 13.5. The van der Waals surface area contributed by atoms with Gasteiger partial charge in [-0.1, -0.05) is 17.7 Å². The lowest BCUT2D eigenvalue weighted by molar-refractivity contribution is -0.161. The number of hydrogen-bond donors (Lipinski definition) is 3. The number of carbonyl (C=O) groups is 3. The van der Waals surface area contributed by atoms with E-state index in [2.05, 4.69) is 5.32 Å². The predicted molar refractivity (Wildman–Crippen MR) is 102 cm³/mol. The molecule has 2 aliphatic rings. The molecule has 4 N–H and O–H groups in total. The summed E-state index contributed by atoms with van der Waals surface area (Å²) in [5.74, 6) is -1.99. The molecular weight excluding hydrogens is 398 g/mol. The molecule has 2 aliphatic heterocycles. The molecule has 1 aromatic rings. The van der Waals surface area contributed by atoms with E-state index in [0.29, 0.717) is 5.57 Å². The van der Waals surface area contributed by atoms with Crippen molar-refractivity contribution >= 4 is 58.1 Å². The molecule has 26 heavy (non-hydrogen) atoms. The summed E-state index contributed by atoms with van der Waals surface area (Å²) >= 11 is 8.60. The molecule has 0 radical (unpaired) electrons. The highest BCUT2D eigenvalue weighted by atomic mass is 35.5. The van der Waals surface area contributed by atoms with Gasteiger partial charge in [0.05, 0.1) is 0 Å². The molecule has 0 spiro atoms. The zero-order valence-electron chi connectivity index (χ0n) is 14.0. The number of carboxylic acids is 1. The van der Waals surface area contributed by atoms with Crippen molar-refractivity contribution in [3.63, 3.8) is 0 Å². The Morgan fingerprint density at radius 2 is 2.19 bits per heavy atom. The minimum Gasteiger partial charge on any atom is -0.480 e. The van der Waals surface area contributed by atoms with E-state index in [1.54, 1.807) is 19.9 Å². The molecule has 3 heterocycles. The Morgan fingerprint density at radius 1 is 1.50 bits per heavy atom. The number of carbonyl (C=O) groups excluding carboxylic acids is 2. The van der Waals surface area contributed by atoms with Crippen molar-refractivity contribution in [2.45, 2.75) is 42.1 Å². The maximum Gasteiger partial charge on any atom is 0.327 e. The average Bonchev–Trinajstić information content (AvgIpc) is 3.17. The van der Waals surface area contributed by atoms with Gasteiger partial charge in [0.15, 0.2) is 0 Å². The Labute approximate surface area is 163 Å². The number of thioether (sulfide) groups is 1. The lowest BCUT2D eigenvalue weighted by Gasteiger charge is -2.43. The third kappa shape index (κ3) is 3.02. The summed E-state index contributed by atoms with van der Waals surface area (Å²) < 4.78 is -0.647. The van der Waals surface area contributed by atoms with Gasteiger partial charge < -0.3 is 21.1 Å². The Hall–Kier alpha value is -1.55. The normalized spacial score (nSPS) is 28.3. The topological polar surface area (TPSA) is 113 Å². The number of nitrogens with zero attached hydrogens (tertiary/aromatic N) is 1. The van der Waals surface area contributed by atoms with Crippen molar-refractivity contribution in [1.82, 2.24) is 10.2 Å². The number of amides is 2. The van der Waals surface area contributed by atoms with E-state index in [1.807, 2.05) is 11.4 Å². The van der Waals surface area contributed by atoms with E-state index in [1.165, 1.54) is 33.5 Å². The van der Waals surface area contributed by atoms with Crippen molar-refractivity contribution < 1.29 is 19.5 Å². The van der Waals surface area contributed by atoms with Gasteiger partial charge in [0.2, 0.25) is 11.8 Å². The fourth-order valence-corrected chi connectivity index (χ4v) is 5.97. The van der Waals surface area contributed by atoms with Crippen molar-refractivity contribution in [3.8, 4) is 0 Å². The molecule has 3 rings (SSSR count). The molecule has 2 amide bonds. The fourth-order valence-electron chi connectivity index (χ4n) is 3.25. The number of thiophene rings is 1.